The van der Waals surface area contributed by atoms with Gasteiger partial charge in [-0.25, -0.2) is 0 Å². The lowest BCUT2D eigenvalue weighted by Gasteiger charge is -2.10. The average molecular weight is 199 g/mol. The van der Waals surface area contributed by atoms with E-state index in [0.717, 1.165) is 18.4 Å². The van der Waals surface area contributed by atoms with Gasteiger partial charge in [0.25, 0.3) is 0 Å². The van der Waals surface area contributed by atoms with Crippen LogP contribution in [0.2, 0.25) is 5.02 Å². The minimum absolute atomic E-state index is 0.0751. The molecule has 0 radical (unpaired) electrons. The summed E-state index contributed by atoms with van der Waals surface area (Å²) in [5.41, 5.74) is 6.98. The van der Waals surface area contributed by atoms with Crippen molar-refractivity contribution in [2.75, 3.05) is 0 Å². The maximum Gasteiger partial charge on any atom is 0.0592 e. The lowest BCUT2D eigenvalue weighted by Crippen LogP contribution is -2.10. The second-order valence-corrected chi connectivity index (χ2v) is 3.62. The molecule has 1 rings (SSSR count). The van der Waals surface area contributed by atoms with Crippen LogP contribution in [0.5, 0.6) is 0 Å². The topological polar surface area (TPSA) is 38.9 Å². The highest BCUT2D eigenvalue weighted by molar-refractivity contribution is 6.30. The molecule has 0 fully saturated rings. The third-order valence-electron chi connectivity index (χ3n) is 2.02. The van der Waals surface area contributed by atoms with Gasteiger partial charge in [0.2, 0.25) is 0 Å². The van der Waals surface area contributed by atoms with Crippen molar-refractivity contribution in [2.24, 2.45) is 5.73 Å². The largest absolute Gasteiger partial charge is 0.324 e. The summed E-state index contributed by atoms with van der Waals surface area (Å²) in [7, 11) is 0. The number of hydrogen-bond acceptors (Lipinski definition) is 2. The molecule has 0 aliphatic heterocycles. The van der Waals surface area contributed by atoms with Crippen molar-refractivity contribution < 1.29 is 0 Å². The Balaban J connectivity index is 2.60. The fourth-order valence-electron chi connectivity index (χ4n) is 1.22. The van der Waals surface area contributed by atoms with E-state index in [9.17, 15) is 0 Å². The Morgan fingerprint density at radius 2 is 2.31 bits per heavy atom. The zero-order valence-corrected chi connectivity index (χ0v) is 8.59. The number of rotatable bonds is 4. The summed E-state index contributed by atoms with van der Waals surface area (Å²) in [6.07, 6.45) is 6.72. The molecule has 1 unspecified atom stereocenters. The van der Waals surface area contributed by atoms with E-state index in [1.54, 1.807) is 12.4 Å². The Kier molecular flexibility index (Phi) is 4.19. The molecule has 0 saturated carbocycles. The summed E-state index contributed by atoms with van der Waals surface area (Å²) in [6, 6.07) is 1.96. The van der Waals surface area contributed by atoms with Gasteiger partial charge >= 0.3 is 0 Å². The van der Waals surface area contributed by atoms with E-state index in [2.05, 4.69) is 11.9 Å². The summed E-state index contributed by atoms with van der Waals surface area (Å²) in [4.78, 5) is 4.00. The highest BCUT2D eigenvalue weighted by Crippen LogP contribution is 2.18. The van der Waals surface area contributed by atoms with Gasteiger partial charge in [-0.15, -0.1) is 0 Å². The lowest BCUT2D eigenvalue weighted by molar-refractivity contribution is 0.602. The van der Waals surface area contributed by atoms with Gasteiger partial charge in [-0.05, 0) is 18.1 Å². The zero-order chi connectivity index (χ0) is 9.68. The minimum Gasteiger partial charge on any atom is -0.324 e. The van der Waals surface area contributed by atoms with Crippen LogP contribution in [0.4, 0.5) is 0 Å². The predicted octanol–water partition coefficient (Wildman–Crippen LogP) is 2.93. The number of pyridine rings is 1. The quantitative estimate of drug-likeness (QED) is 0.808. The molecule has 0 spiro atoms. The molecule has 0 aromatic carbocycles. The fraction of sp³-hybridized carbons (Fsp3) is 0.500. The van der Waals surface area contributed by atoms with Gasteiger partial charge < -0.3 is 5.73 Å². The predicted molar refractivity (Wildman–Crippen MR) is 55.7 cm³/mol. The summed E-state index contributed by atoms with van der Waals surface area (Å²) in [5.74, 6) is 0. The van der Waals surface area contributed by atoms with E-state index in [1.165, 1.54) is 6.42 Å². The maximum absolute atomic E-state index is 5.95. The van der Waals surface area contributed by atoms with E-state index in [4.69, 9.17) is 17.3 Å². The van der Waals surface area contributed by atoms with Crippen molar-refractivity contribution in [3.63, 3.8) is 0 Å². The number of unbranched alkanes of at least 4 members (excludes halogenated alkanes) is 1. The molecular weight excluding hydrogens is 184 g/mol. The van der Waals surface area contributed by atoms with E-state index in [-0.39, 0.29) is 6.04 Å². The van der Waals surface area contributed by atoms with Crippen molar-refractivity contribution in [1.29, 1.82) is 0 Å². The molecule has 0 aliphatic rings. The SMILES string of the molecule is CCCCC(N)c1cncc(Cl)c1. The van der Waals surface area contributed by atoms with Crippen LogP contribution >= 0.6 is 11.6 Å². The van der Waals surface area contributed by atoms with E-state index < -0.39 is 0 Å². The van der Waals surface area contributed by atoms with Gasteiger partial charge in [-0.3, -0.25) is 4.98 Å². The van der Waals surface area contributed by atoms with E-state index >= 15 is 0 Å². The van der Waals surface area contributed by atoms with Crippen LogP contribution in [0, 0.1) is 0 Å². The summed E-state index contributed by atoms with van der Waals surface area (Å²) in [5, 5.41) is 0.657. The first-order chi connectivity index (χ1) is 6.24. The van der Waals surface area contributed by atoms with Crippen molar-refractivity contribution in [3.8, 4) is 0 Å². The molecule has 0 bridgehead atoms. The van der Waals surface area contributed by atoms with Gasteiger partial charge in [-0.2, -0.15) is 0 Å². The summed E-state index contributed by atoms with van der Waals surface area (Å²) in [6.45, 7) is 2.16. The Morgan fingerprint density at radius 1 is 1.54 bits per heavy atom. The summed E-state index contributed by atoms with van der Waals surface area (Å²) < 4.78 is 0. The maximum atomic E-state index is 5.95. The molecule has 1 aromatic heterocycles. The van der Waals surface area contributed by atoms with Crippen molar-refractivity contribution in [3.05, 3.63) is 29.0 Å². The molecule has 1 atom stereocenters. The molecule has 2 N–H and O–H groups in total. The molecule has 1 heterocycles. The number of hydrogen-bond donors (Lipinski definition) is 1. The molecule has 72 valence electrons. The molecule has 13 heavy (non-hydrogen) atoms. The zero-order valence-electron chi connectivity index (χ0n) is 7.83. The molecule has 0 aliphatic carbocycles. The monoisotopic (exact) mass is 198 g/mol. The highest BCUT2D eigenvalue weighted by atomic mass is 35.5. The highest BCUT2D eigenvalue weighted by Gasteiger charge is 2.05. The van der Waals surface area contributed by atoms with Crippen LogP contribution in [-0.2, 0) is 0 Å². The second-order valence-electron chi connectivity index (χ2n) is 3.19. The third-order valence-corrected chi connectivity index (χ3v) is 2.23. The van der Waals surface area contributed by atoms with E-state index in [0.29, 0.717) is 5.02 Å². The molecule has 0 saturated heterocycles. The molecule has 3 heteroatoms. The third kappa shape index (κ3) is 3.33. The van der Waals surface area contributed by atoms with Crippen molar-refractivity contribution in [1.82, 2.24) is 4.98 Å². The van der Waals surface area contributed by atoms with Gasteiger partial charge in [0.15, 0.2) is 0 Å². The van der Waals surface area contributed by atoms with E-state index in [1.807, 2.05) is 6.07 Å². The first-order valence-corrected chi connectivity index (χ1v) is 4.98. The average Bonchev–Trinajstić information content (AvgIpc) is 2.14. The van der Waals surface area contributed by atoms with Crippen LogP contribution in [0.15, 0.2) is 18.5 Å². The number of aromatic nitrogens is 1. The van der Waals surface area contributed by atoms with Crippen molar-refractivity contribution >= 4 is 11.6 Å². The van der Waals surface area contributed by atoms with Gasteiger partial charge in [0, 0.05) is 18.4 Å². The Morgan fingerprint density at radius 3 is 2.92 bits per heavy atom. The second kappa shape index (κ2) is 5.20. The molecule has 0 amide bonds. The van der Waals surface area contributed by atoms with Gasteiger partial charge in [0.1, 0.15) is 0 Å². The van der Waals surface area contributed by atoms with Crippen LogP contribution < -0.4 is 5.73 Å². The van der Waals surface area contributed by atoms with Crippen LogP contribution in [-0.4, -0.2) is 4.98 Å². The Labute approximate surface area is 84.1 Å². The normalized spacial score (nSPS) is 12.8. The minimum atomic E-state index is 0.0751. The Bertz CT molecular complexity index is 263. The summed E-state index contributed by atoms with van der Waals surface area (Å²) >= 11 is 5.80. The first kappa shape index (κ1) is 10.5. The lowest BCUT2D eigenvalue weighted by atomic mass is 10.0. The number of halogens is 1. The van der Waals surface area contributed by atoms with Crippen molar-refractivity contribution in [2.45, 2.75) is 32.2 Å². The van der Waals surface area contributed by atoms with Gasteiger partial charge in [0.05, 0.1) is 5.02 Å². The van der Waals surface area contributed by atoms with Crippen LogP contribution in [0.3, 0.4) is 0 Å². The standard InChI is InChI=1S/C10H15ClN2/c1-2-3-4-10(12)8-5-9(11)7-13-6-8/h5-7,10H,2-4,12H2,1H3. The molecule has 1 aromatic rings. The molecule has 2 nitrogen and oxygen atoms in total. The first-order valence-electron chi connectivity index (χ1n) is 4.60. The van der Waals surface area contributed by atoms with Crippen LogP contribution in [0.1, 0.15) is 37.8 Å². The fourth-order valence-corrected chi connectivity index (χ4v) is 1.40. The smallest absolute Gasteiger partial charge is 0.0592 e. The van der Waals surface area contributed by atoms with Gasteiger partial charge in [-0.1, -0.05) is 31.4 Å². The molecular formula is C10H15ClN2. The number of nitrogens with two attached hydrogens (primary N) is 1. The number of nitrogens with zero attached hydrogens (tertiary/aromatic N) is 1. The van der Waals surface area contributed by atoms with Crippen LogP contribution in [0.25, 0.3) is 0 Å². The Hall–Kier alpha value is -0.600.